The maximum atomic E-state index is 4.32. The number of aliphatic imine (C=N–C) groups is 1. The summed E-state index contributed by atoms with van der Waals surface area (Å²) in [5, 5.41) is 6.48. The zero-order valence-corrected chi connectivity index (χ0v) is 11.7. The minimum atomic E-state index is 0.855. The Balaban J connectivity index is 1.65. The molecule has 0 unspecified atom stereocenters. The zero-order chi connectivity index (χ0) is 13.8. The van der Waals surface area contributed by atoms with E-state index < -0.39 is 0 Å². The van der Waals surface area contributed by atoms with Crippen LogP contribution in [0, 0.1) is 6.92 Å². The van der Waals surface area contributed by atoms with E-state index >= 15 is 0 Å². The SMILES string of the molecule is Cc1ccc(Cc2ccc(NC3=NCCN3)cc2)cc1. The summed E-state index contributed by atoms with van der Waals surface area (Å²) in [4.78, 5) is 4.32. The monoisotopic (exact) mass is 265 g/mol. The van der Waals surface area contributed by atoms with Gasteiger partial charge in [-0.15, -0.1) is 0 Å². The first-order chi connectivity index (χ1) is 9.79. The van der Waals surface area contributed by atoms with Crippen molar-refractivity contribution in [1.29, 1.82) is 0 Å². The molecule has 0 spiro atoms. The number of hydrogen-bond acceptors (Lipinski definition) is 3. The van der Waals surface area contributed by atoms with Gasteiger partial charge in [-0.25, -0.2) is 0 Å². The van der Waals surface area contributed by atoms with Gasteiger partial charge in [0.25, 0.3) is 0 Å². The lowest BCUT2D eigenvalue weighted by Gasteiger charge is -2.08. The summed E-state index contributed by atoms with van der Waals surface area (Å²) in [6.45, 7) is 3.89. The lowest BCUT2D eigenvalue weighted by Crippen LogP contribution is -2.26. The van der Waals surface area contributed by atoms with Gasteiger partial charge in [0.15, 0.2) is 5.96 Å². The Labute approximate surface area is 119 Å². The Kier molecular flexibility index (Phi) is 3.68. The number of rotatable bonds is 3. The van der Waals surface area contributed by atoms with Crippen LogP contribution in [0.5, 0.6) is 0 Å². The van der Waals surface area contributed by atoms with Gasteiger partial charge in [-0.1, -0.05) is 42.0 Å². The summed E-state index contributed by atoms with van der Waals surface area (Å²) in [6, 6.07) is 17.2. The van der Waals surface area contributed by atoms with E-state index in [1.807, 2.05) is 0 Å². The molecule has 3 nitrogen and oxygen atoms in total. The van der Waals surface area contributed by atoms with Crippen LogP contribution in [-0.2, 0) is 6.42 Å². The average molecular weight is 265 g/mol. The summed E-state index contributed by atoms with van der Waals surface area (Å²) in [7, 11) is 0. The molecule has 1 heterocycles. The summed E-state index contributed by atoms with van der Waals surface area (Å²) in [6.07, 6.45) is 0.972. The fourth-order valence-corrected chi connectivity index (χ4v) is 2.27. The van der Waals surface area contributed by atoms with Gasteiger partial charge in [0.2, 0.25) is 0 Å². The molecule has 0 saturated heterocycles. The van der Waals surface area contributed by atoms with Crippen LogP contribution >= 0.6 is 0 Å². The van der Waals surface area contributed by atoms with Crippen molar-refractivity contribution in [3.05, 3.63) is 65.2 Å². The van der Waals surface area contributed by atoms with E-state index in [0.29, 0.717) is 0 Å². The van der Waals surface area contributed by atoms with Crippen molar-refractivity contribution in [2.24, 2.45) is 4.99 Å². The minimum absolute atomic E-state index is 0.855. The van der Waals surface area contributed by atoms with E-state index in [4.69, 9.17) is 0 Å². The predicted molar refractivity (Wildman–Crippen MR) is 84.4 cm³/mol. The van der Waals surface area contributed by atoms with Gasteiger partial charge < -0.3 is 10.6 Å². The first-order valence-electron chi connectivity index (χ1n) is 6.99. The third-order valence-electron chi connectivity index (χ3n) is 3.42. The van der Waals surface area contributed by atoms with Crippen molar-refractivity contribution in [1.82, 2.24) is 5.32 Å². The maximum absolute atomic E-state index is 4.32. The second-order valence-electron chi connectivity index (χ2n) is 5.14. The molecule has 1 aliphatic rings. The third kappa shape index (κ3) is 3.18. The highest BCUT2D eigenvalue weighted by atomic mass is 15.2. The molecular formula is C17H19N3. The minimum Gasteiger partial charge on any atom is -0.354 e. The van der Waals surface area contributed by atoms with E-state index in [9.17, 15) is 0 Å². The highest BCUT2D eigenvalue weighted by molar-refractivity contribution is 5.94. The molecule has 3 rings (SSSR count). The number of benzene rings is 2. The zero-order valence-electron chi connectivity index (χ0n) is 11.7. The summed E-state index contributed by atoms with van der Waals surface area (Å²) in [5.74, 6) is 0.872. The molecule has 0 aliphatic carbocycles. The van der Waals surface area contributed by atoms with Crippen LogP contribution in [0.25, 0.3) is 0 Å². The van der Waals surface area contributed by atoms with E-state index in [1.165, 1.54) is 16.7 Å². The average Bonchev–Trinajstić information content (AvgIpc) is 2.96. The molecule has 2 N–H and O–H groups in total. The van der Waals surface area contributed by atoms with Crippen LogP contribution in [0.15, 0.2) is 53.5 Å². The molecule has 2 aromatic rings. The van der Waals surface area contributed by atoms with Crippen LogP contribution in [-0.4, -0.2) is 19.0 Å². The summed E-state index contributed by atoms with van der Waals surface area (Å²) in [5.41, 5.74) is 5.04. The van der Waals surface area contributed by atoms with Gasteiger partial charge in [-0.3, -0.25) is 4.99 Å². The molecule has 0 saturated carbocycles. The molecule has 1 aliphatic heterocycles. The van der Waals surface area contributed by atoms with Crippen LogP contribution in [0.2, 0.25) is 0 Å². The van der Waals surface area contributed by atoms with Gasteiger partial charge in [-0.05, 0) is 36.6 Å². The second-order valence-corrected chi connectivity index (χ2v) is 5.14. The van der Waals surface area contributed by atoms with Gasteiger partial charge in [0.1, 0.15) is 0 Å². The van der Waals surface area contributed by atoms with Crippen LogP contribution in [0.1, 0.15) is 16.7 Å². The Morgan fingerprint density at radius 3 is 2.25 bits per heavy atom. The van der Waals surface area contributed by atoms with Gasteiger partial charge in [0.05, 0.1) is 6.54 Å². The van der Waals surface area contributed by atoms with E-state index in [-0.39, 0.29) is 0 Å². The van der Waals surface area contributed by atoms with Crippen molar-refractivity contribution in [3.63, 3.8) is 0 Å². The van der Waals surface area contributed by atoms with Crippen LogP contribution < -0.4 is 10.6 Å². The van der Waals surface area contributed by atoms with Crippen molar-refractivity contribution >= 4 is 11.6 Å². The number of aryl methyl sites for hydroxylation is 1. The lowest BCUT2D eigenvalue weighted by atomic mass is 10.0. The van der Waals surface area contributed by atoms with Crippen molar-refractivity contribution < 1.29 is 0 Å². The van der Waals surface area contributed by atoms with Gasteiger partial charge in [-0.2, -0.15) is 0 Å². The highest BCUT2D eigenvalue weighted by Gasteiger charge is 2.04. The number of guanidine groups is 1. The van der Waals surface area contributed by atoms with Crippen LogP contribution in [0.4, 0.5) is 5.69 Å². The first kappa shape index (κ1) is 12.7. The normalized spacial score (nSPS) is 13.8. The topological polar surface area (TPSA) is 36.4 Å². The second kappa shape index (κ2) is 5.78. The van der Waals surface area contributed by atoms with E-state index in [0.717, 1.165) is 31.2 Å². The largest absolute Gasteiger partial charge is 0.354 e. The quantitative estimate of drug-likeness (QED) is 0.895. The van der Waals surface area contributed by atoms with Gasteiger partial charge in [0, 0.05) is 12.2 Å². The predicted octanol–water partition coefficient (Wildman–Crippen LogP) is 2.96. The number of hydrogen-bond donors (Lipinski definition) is 2. The molecule has 3 heteroatoms. The van der Waals surface area contributed by atoms with Gasteiger partial charge >= 0.3 is 0 Å². The Hall–Kier alpha value is -2.29. The number of nitrogens with zero attached hydrogens (tertiary/aromatic N) is 1. The molecule has 0 amide bonds. The molecule has 20 heavy (non-hydrogen) atoms. The molecule has 0 aromatic heterocycles. The molecule has 0 fully saturated rings. The molecule has 0 bridgehead atoms. The summed E-state index contributed by atoms with van der Waals surface area (Å²) >= 11 is 0. The fraction of sp³-hybridized carbons (Fsp3) is 0.235. The molecule has 2 aromatic carbocycles. The first-order valence-corrected chi connectivity index (χ1v) is 6.99. The maximum Gasteiger partial charge on any atom is 0.195 e. The molecular weight excluding hydrogens is 246 g/mol. The fourth-order valence-electron chi connectivity index (χ4n) is 2.27. The van der Waals surface area contributed by atoms with E-state index in [2.05, 4.69) is 71.1 Å². The summed E-state index contributed by atoms with van der Waals surface area (Å²) < 4.78 is 0. The van der Waals surface area contributed by atoms with Crippen LogP contribution in [0.3, 0.4) is 0 Å². The molecule has 102 valence electrons. The highest BCUT2D eigenvalue weighted by Crippen LogP contribution is 2.14. The Morgan fingerprint density at radius 2 is 1.65 bits per heavy atom. The Bertz CT molecular complexity index is 597. The number of nitrogens with one attached hydrogen (secondary N) is 2. The third-order valence-corrected chi connectivity index (χ3v) is 3.42. The number of anilines is 1. The Morgan fingerprint density at radius 1 is 1.00 bits per heavy atom. The van der Waals surface area contributed by atoms with Crippen molar-refractivity contribution in [3.8, 4) is 0 Å². The van der Waals surface area contributed by atoms with Crippen molar-refractivity contribution in [2.45, 2.75) is 13.3 Å². The standard InChI is InChI=1S/C17H19N3/c1-13-2-4-14(5-3-13)12-15-6-8-16(9-7-15)20-17-18-10-11-19-17/h2-9H,10-12H2,1H3,(H2,18,19,20). The lowest BCUT2D eigenvalue weighted by molar-refractivity contribution is 0.959. The molecule has 0 atom stereocenters. The smallest absolute Gasteiger partial charge is 0.195 e. The van der Waals surface area contributed by atoms with Crippen molar-refractivity contribution in [2.75, 3.05) is 18.4 Å². The van der Waals surface area contributed by atoms with E-state index in [1.54, 1.807) is 0 Å². The molecule has 0 radical (unpaired) electrons.